The number of nitrogens with one attached hydrogen (secondary N) is 2. The summed E-state index contributed by atoms with van der Waals surface area (Å²) in [6, 6.07) is 0. The van der Waals surface area contributed by atoms with Gasteiger partial charge in [-0.05, 0) is 0 Å². The summed E-state index contributed by atoms with van der Waals surface area (Å²) in [5, 5.41) is 5.71. The lowest BCUT2D eigenvalue weighted by Crippen LogP contribution is -2.36. The summed E-state index contributed by atoms with van der Waals surface area (Å²) in [4.78, 5) is 14.1. The topological polar surface area (TPSA) is 65.8 Å². The first-order valence-corrected chi connectivity index (χ1v) is 2.66. The lowest BCUT2D eigenvalue weighted by Gasteiger charge is -2.02. The number of guanidine groups is 1. The first kappa shape index (κ1) is 8.61. The standard InChI is InChI=1S/C5H10N4O/c1-4(10)8-5(6-2)9-7-3/h3H2,1-2H3,(H2,6,8,9,10). The molecule has 1 amide bonds. The lowest BCUT2D eigenvalue weighted by atomic mass is 10.7. The van der Waals surface area contributed by atoms with Crippen LogP contribution in [0.25, 0.3) is 0 Å². The number of aliphatic imine (C=N–C) groups is 1. The second-order valence-electron chi connectivity index (χ2n) is 1.52. The average molecular weight is 142 g/mol. The molecule has 0 fully saturated rings. The second kappa shape index (κ2) is 4.49. The van der Waals surface area contributed by atoms with Gasteiger partial charge < -0.3 is 0 Å². The smallest absolute Gasteiger partial charge is 0.223 e. The average Bonchev–Trinajstić information content (AvgIpc) is 1.86. The van der Waals surface area contributed by atoms with E-state index in [1.54, 1.807) is 0 Å². The molecule has 0 aliphatic carbocycles. The summed E-state index contributed by atoms with van der Waals surface area (Å²) in [6.45, 7) is 4.55. The summed E-state index contributed by atoms with van der Waals surface area (Å²) in [5.41, 5.74) is 2.40. The van der Waals surface area contributed by atoms with Crippen LogP contribution in [0.1, 0.15) is 6.92 Å². The monoisotopic (exact) mass is 142 g/mol. The third-order valence-corrected chi connectivity index (χ3v) is 0.703. The predicted molar refractivity (Wildman–Crippen MR) is 39.9 cm³/mol. The molecule has 0 aromatic heterocycles. The molecule has 0 saturated carbocycles. The van der Waals surface area contributed by atoms with E-state index in [4.69, 9.17) is 0 Å². The second-order valence-corrected chi connectivity index (χ2v) is 1.52. The van der Waals surface area contributed by atoms with Crippen molar-refractivity contribution in [1.82, 2.24) is 10.7 Å². The lowest BCUT2D eigenvalue weighted by molar-refractivity contribution is -0.117. The quantitative estimate of drug-likeness (QED) is 0.289. The highest BCUT2D eigenvalue weighted by Crippen LogP contribution is 1.66. The Morgan fingerprint density at radius 1 is 1.60 bits per heavy atom. The Kier molecular flexibility index (Phi) is 3.86. The van der Waals surface area contributed by atoms with Crippen LogP contribution in [0.2, 0.25) is 0 Å². The Labute approximate surface area is 59.2 Å². The number of carbonyl (C=O) groups excluding carboxylic acids is 1. The molecule has 0 spiro atoms. The molecular formula is C5H10N4O. The minimum atomic E-state index is -0.197. The van der Waals surface area contributed by atoms with Gasteiger partial charge in [-0.15, -0.1) is 0 Å². The van der Waals surface area contributed by atoms with Crippen molar-refractivity contribution in [2.45, 2.75) is 6.92 Å². The molecule has 0 bridgehead atoms. The fraction of sp³-hybridized carbons (Fsp3) is 0.400. The van der Waals surface area contributed by atoms with Crippen molar-refractivity contribution in [3.8, 4) is 0 Å². The van der Waals surface area contributed by atoms with Crippen LogP contribution in [0.5, 0.6) is 0 Å². The minimum Gasteiger partial charge on any atom is -0.296 e. The molecule has 0 aliphatic heterocycles. The van der Waals surface area contributed by atoms with Crippen LogP contribution in [0, 0.1) is 0 Å². The molecule has 0 radical (unpaired) electrons. The van der Waals surface area contributed by atoms with E-state index in [-0.39, 0.29) is 5.91 Å². The van der Waals surface area contributed by atoms with Crippen molar-refractivity contribution in [3.05, 3.63) is 0 Å². The molecule has 0 aromatic rings. The van der Waals surface area contributed by atoms with Crippen LogP contribution >= 0.6 is 0 Å². The fourth-order valence-corrected chi connectivity index (χ4v) is 0.375. The predicted octanol–water partition coefficient (Wildman–Crippen LogP) is -0.687. The Morgan fingerprint density at radius 2 is 2.20 bits per heavy atom. The van der Waals surface area contributed by atoms with Gasteiger partial charge in [0.05, 0.1) is 0 Å². The van der Waals surface area contributed by atoms with Gasteiger partial charge >= 0.3 is 0 Å². The van der Waals surface area contributed by atoms with Gasteiger partial charge in [0, 0.05) is 20.7 Å². The molecule has 0 aromatic carbocycles. The van der Waals surface area contributed by atoms with Gasteiger partial charge in [0.25, 0.3) is 0 Å². The van der Waals surface area contributed by atoms with Crippen molar-refractivity contribution in [3.63, 3.8) is 0 Å². The van der Waals surface area contributed by atoms with Crippen LogP contribution in [0.4, 0.5) is 0 Å². The molecule has 10 heavy (non-hydrogen) atoms. The molecule has 0 atom stereocenters. The van der Waals surface area contributed by atoms with E-state index in [2.05, 4.69) is 27.6 Å². The first-order chi connectivity index (χ1) is 4.70. The maximum Gasteiger partial charge on any atom is 0.223 e. The number of nitrogens with zero attached hydrogens (tertiary/aromatic N) is 2. The van der Waals surface area contributed by atoms with E-state index < -0.39 is 0 Å². The van der Waals surface area contributed by atoms with Gasteiger partial charge in [0.15, 0.2) is 0 Å². The van der Waals surface area contributed by atoms with Gasteiger partial charge in [-0.25, -0.2) is 5.43 Å². The van der Waals surface area contributed by atoms with Gasteiger partial charge in [0.1, 0.15) is 0 Å². The van der Waals surface area contributed by atoms with E-state index >= 15 is 0 Å². The molecule has 0 saturated heterocycles. The molecule has 0 rings (SSSR count). The van der Waals surface area contributed by atoms with Crippen molar-refractivity contribution in [1.29, 1.82) is 0 Å². The molecule has 5 nitrogen and oxygen atoms in total. The fourth-order valence-electron chi connectivity index (χ4n) is 0.375. The highest BCUT2D eigenvalue weighted by atomic mass is 16.1. The van der Waals surface area contributed by atoms with E-state index in [9.17, 15) is 4.79 Å². The Hall–Kier alpha value is -1.39. The zero-order valence-corrected chi connectivity index (χ0v) is 6.01. The van der Waals surface area contributed by atoms with Crippen LogP contribution in [-0.2, 0) is 4.79 Å². The summed E-state index contributed by atoms with van der Waals surface area (Å²) >= 11 is 0. The van der Waals surface area contributed by atoms with E-state index in [0.717, 1.165) is 0 Å². The van der Waals surface area contributed by atoms with E-state index in [0.29, 0.717) is 5.96 Å². The van der Waals surface area contributed by atoms with Gasteiger partial charge in [0.2, 0.25) is 11.9 Å². The van der Waals surface area contributed by atoms with Crippen LogP contribution in [0.3, 0.4) is 0 Å². The summed E-state index contributed by atoms with van der Waals surface area (Å²) in [5.74, 6) is 0.0965. The number of hydrogen-bond donors (Lipinski definition) is 2. The van der Waals surface area contributed by atoms with Crippen molar-refractivity contribution in [2.75, 3.05) is 7.05 Å². The third kappa shape index (κ3) is 3.59. The Morgan fingerprint density at radius 3 is 2.50 bits per heavy atom. The SMILES string of the molecule is C=NNC(=NC)NC(C)=O. The molecule has 0 aliphatic rings. The van der Waals surface area contributed by atoms with Gasteiger partial charge in [-0.1, -0.05) is 0 Å². The van der Waals surface area contributed by atoms with Crippen LogP contribution in [-0.4, -0.2) is 25.6 Å². The molecule has 0 heterocycles. The number of rotatable bonds is 1. The number of carbonyl (C=O) groups is 1. The Balaban J connectivity index is 3.84. The molecule has 2 N–H and O–H groups in total. The summed E-state index contributed by atoms with van der Waals surface area (Å²) in [6.07, 6.45) is 0. The highest BCUT2D eigenvalue weighted by Gasteiger charge is 1.95. The summed E-state index contributed by atoms with van der Waals surface area (Å²) < 4.78 is 0. The van der Waals surface area contributed by atoms with E-state index in [1.165, 1.54) is 14.0 Å². The maximum atomic E-state index is 10.4. The number of hydrazone groups is 1. The number of amides is 1. The molecule has 56 valence electrons. The third-order valence-electron chi connectivity index (χ3n) is 0.703. The minimum absolute atomic E-state index is 0.197. The number of hydrogen-bond acceptors (Lipinski definition) is 3. The van der Waals surface area contributed by atoms with Crippen LogP contribution in [0.15, 0.2) is 10.1 Å². The zero-order chi connectivity index (χ0) is 7.98. The molecule has 5 heteroatoms. The van der Waals surface area contributed by atoms with Crippen molar-refractivity contribution >= 4 is 18.6 Å². The molecule has 0 unspecified atom stereocenters. The largest absolute Gasteiger partial charge is 0.296 e. The maximum absolute atomic E-state index is 10.4. The Bertz CT molecular complexity index is 163. The normalized spacial score (nSPS) is 10.4. The van der Waals surface area contributed by atoms with Crippen molar-refractivity contribution in [2.24, 2.45) is 10.1 Å². The van der Waals surface area contributed by atoms with Gasteiger partial charge in [-0.2, -0.15) is 5.10 Å². The summed E-state index contributed by atoms with van der Waals surface area (Å²) in [7, 11) is 1.53. The zero-order valence-electron chi connectivity index (χ0n) is 6.01. The van der Waals surface area contributed by atoms with E-state index in [1.807, 2.05) is 0 Å². The van der Waals surface area contributed by atoms with Crippen LogP contribution < -0.4 is 10.7 Å². The van der Waals surface area contributed by atoms with Gasteiger partial charge in [-0.3, -0.25) is 15.1 Å². The van der Waals surface area contributed by atoms with Crippen molar-refractivity contribution < 1.29 is 4.79 Å². The molecular weight excluding hydrogens is 132 g/mol. The first-order valence-electron chi connectivity index (χ1n) is 2.66. The highest BCUT2D eigenvalue weighted by molar-refractivity contribution is 5.95.